The van der Waals surface area contributed by atoms with E-state index in [1.54, 1.807) is 13.2 Å². The van der Waals surface area contributed by atoms with E-state index in [9.17, 15) is 0 Å². The molecule has 6 nitrogen and oxygen atoms in total. The lowest BCUT2D eigenvalue weighted by molar-refractivity contribution is 0.0842. The van der Waals surface area contributed by atoms with Crippen LogP contribution in [0.5, 0.6) is 11.5 Å². The van der Waals surface area contributed by atoms with Crippen LogP contribution >= 0.6 is 0 Å². The monoisotopic (exact) mass is 502 g/mol. The first-order valence-electron chi connectivity index (χ1n) is 13.0. The van der Waals surface area contributed by atoms with Gasteiger partial charge in [-0.15, -0.1) is 0 Å². The van der Waals surface area contributed by atoms with Gasteiger partial charge in [-0.3, -0.25) is 0 Å². The first kappa shape index (κ1) is 25.1. The molecular weight excluding hydrogens is 467 g/mol. The van der Waals surface area contributed by atoms with Gasteiger partial charge in [0.05, 0.1) is 7.11 Å². The summed E-state index contributed by atoms with van der Waals surface area (Å²) in [5.41, 5.74) is 11.9. The number of rotatable bonds is 6. The van der Waals surface area contributed by atoms with Crippen molar-refractivity contribution >= 4 is 11.5 Å². The zero-order valence-corrected chi connectivity index (χ0v) is 21.8. The number of aromatic nitrogens is 1. The molecule has 1 aromatic heterocycles. The van der Waals surface area contributed by atoms with Crippen molar-refractivity contribution in [2.24, 2.45) is 0 Å². The van der Waals surface area contributed by atoms with Crippen LogP contribution in [0.25, 0.3) is 28.0 Å². The molecule has 2 aromatic carbocycles. The number of nitrogens with one attached hydrogen (secondary N) is 1. The normalized spacial score (nSPS) is 16.4. The maximum atomic E-state index is 15.1. The van der Waals surface area contributed by atoms with E-state index in [2.05, 4.69) is 41.7 Å². The molecule has 0 aliphatic carbocycles. The molecule has 2 aliphatic heterocycles. The van der Waals surface area contributed by atoms with Gasteiger partial charge in [0.25, 0.3) is 0 Å². The molecule has 0 amide bonds. The molecular formula is C30H35FN4O2. The SMILES string of the molecule is C=C1NCCc2cc(-c3cc(-c4ccc(OC5CCN(C(C)C)CC5)cc4OC)c(F)nc3N)ccc21. The summed E-state index contributed by atoms with van der Waals surface area (Å²) in [6.45, 7) is 11.4. The van der Waals surface area contributed by atoms with Gasteiger partial charge < -0.3 is 25.4 Å². The zero-order chi connectivity index (χ0) is 26.1. The zero-order valence-electron chi connectivity index (χ0n) is 21.8. The fourth-order valence-corrected chi connectivity index (χ4v) is 5.30. The fourth-order valence-electron chi connectivity index (χ4n) is 5.30. The Morgan fingerprint density at radius 2 is 1.81 bits per heavy atom. The van der Waals surface area contributed by atoms with Crippen LogP contribution in [0.3, 0.4) is 0 Å². The molecule has 0 saturated carbocycles. The fraction of sp³-hybridized carbons (Fsp3) is 0.367. The standard InChI is InChI=1S/C30H35FN4O2/c1-18(2)35-13-10-22(11-14-35)37-23-6-8-25(28(16-23)36-4)27-17-26(30(32)34-29(27)31)20-5-7-24-19(3)33-12-9-21(24)15-20/h5-8,15-18,22,33H,3,9-14H2,1-2,4H3,(H2,32,34). The van der Waals surface area contributed by atoms with Crippen molar-refractivity contribution in [1.82, 2.24) is 15.2 Å². The van der Waals surface area contributed by atoms with Gasteiger partial charge in [0.2, 0.25) is 5.95 Å². The average Bonchev–Trinajstić information content (AvgIpc) is 2.89. The highest BCUT2D eigenvalue weighted by atomic mass is 19.1. The minimum absolute atomic E-state index is 0.153. The molecule has 1 saturated heterocycles. The smallest absolute Gasteiger partial charge is 0.222 e. The van der Waals surface area contributed by atoms with Crippen molar-refractivity contribution in [3.8, 4) is 33.8 Å². The lowest BCUT2D eigenvalue weighted by Crippen LogP contribution is -2.41. The van der Waals surface area contributed by atoms with E-state index in [1.165, 1.54) is 5.56 Å². The van der Waals surface area contributed by atoms with Crippen molar-refractivity contribution in [3.63, 3.8) is 0 Å². The molecule has 5 rings (SSSR count). The summed E-state index contributed by atoms with van der Waals surface area (Å²) in [6.07, 6.45) is 3.00. The summed E-state index contributed by atoms with van der Waals surface area (Å²) in [5.74, 6) is 0.767. The topological polar surface area (TPSA) is 72.6 Å². The number of nitrogens with two attached hydrogens (primary N) is 1. The number of ether oxygens (including phenoxy) is 2. The molecule has 0 spiro atoms. The van der Waals surface area contributed by atoms with Crippen LogP contribution in [0.4, 0.5) is 10.2 Å². The van der Waals surface area contributed by atoms with Gasteiger partial charge in [0.15, 0.2) is 0 Å². The van der Waals surface area contributed by atoms with Gasteiger partial charge >= 0.3 is 0 Å². The third-order valence-electron chi connectivity index (χ3n) is 7.45. The molecule has 194 valence electrons. The Morgan fingerprint density at radius 1 is 1.05 bits per heavy atom. The van der Waals surface area contributed by atoms with E-state index < -0.39 is 5.95 Å². The van der Waals surface area contributed by atoms with Gasteiger partial charge in [-0.2, -0.15) is 4.39 Å². The third kappa shape index (κ3) is 5.14. The Labute approximate surface area is 218 Å². The van der Waals surface area contributed by atoms with Crippen LogP contribution in [0, 0.1) is 5.95 Å². The van der Waals surface area contributed by atoms with E-state index in [4.69, 9.17) is 15.2 Å². The lowest BCUT2D eigenvalue weighted by atomic mass is 9.93. The van der Waals surface area contributed by atoms with E-state index in [-0.39, 0.29) is 11.9 Å². The van der Waals surface area contributed by atoms with E-state index in [0.717, 1.165) is 61.5 Å². The average molecular weight is 503 g/mol. The Bertz CT molecular complexity index is 1320. The molecule has 7 heteroatoms. The van der Waals surface area contributed by atoms with E-state index in [1.807, 2.05) is 30.3 Å². The van der Waals surface area contributed by atoms with Crippen LogP contribution in [0.2, 0.25) is 0 Å². The Hall–Kier alpha value is -3.58. The molecule has 0 bridgehead atoms. The largest absolute Gasteiger partial charge is 0.496 e. The van der Waals surface area contributed by atoms with Crippen molar-refractivity contribution in [3.05, 3.63) is 66.1 Å². The van der Waals surface area contributed by atoms with Crippen LogP contribution in [-0.2, 0) is 6.42 Å². The minimum Gasteiger partial charge on any atom is -0.496 e. The number of methoxy groups -OCH3 is 1. The number of pyridine rings is 1. The molecule has 37 heavy (non-hydrogen) atoms. The Kier molecular flexibility index (Phi) is 7.07. The first-order valence-corrected chi connectivity index (χ1v) is 13.0. The van der Waals surface area contributed by atoms with Gasteiger partial charge in [-0.05, 0) is 62.4 Å². The predicted octanol–water partition coefficient (Wildman–Crippen LogP) is 5.51. The number of fused-ring (bicyclic) bond motifs is 1. The van der Waals surface area contributed by atoms with Gasteiger partial charge in [-0.1, -0.05) is 24.8 Å². The number of benzene rings is 2. The number of hydrogen-bond acceptors (Lipinski definition) is 6. The molecule has 1 fully saturated rings. The van der Waals surface area contributed by atoms with Crippen LogP contribution in [0.15, 0.2) is 49.0 Å². The third-order valence-corrected chi connectivity index (χ3v) is 7.45. The molecule has 0 radical (unpaired) electrons. The van der Waals surface area contributed by atoms with E-state index in [0.29, 0.717) is 28.5 Å². The van der Waals surface area contributed by atoms with Gasteiger partial charge in [0.1, 0.15) is 23.4 Å². The molecule has 0 atom stereocenters. The number of anilines is 1. The highest BCUT2D eigenvalue weighted by Crippen LogP contribution is 2.39. The van der Waals surface area contributed by atoms with Crippen LogP contribution in [0.1, 0.15) is 37.8 Å². The van der Waals surface area contributed by atoms with Crippen LogP contribution < -0.4 is 20.5 Å². The number of nitrogens with zero attached hydrogens (tertiary/aromatic N) is 2. The molecule has 3 N–H and O–H groups in total. The maximum absolute atomic E-state index is 15.1. The number of piperidine rings is 1. The van der Waals surface area contributed by atoms with Crippen molar-refractivity contribution < 1.29 is 13.9 Å². The summed E-state index contributed by atoms with van der Waals surface area (Å²) in [4.78, 5) is 6.52. The molecule has 0 unspecified atom stereocenters. The number of halogens is 1. The van der Waals surface area contributed by atoms with Gasteiger partial charge in [-0.25, -0.2) is 4.98 Å². The Balaban J connectivity index is 1.43. The second kappa shape index (κ2) is 10.4. The first-order chi connectivity index (χ1) is 17.8. The predicted molar refractivity (Wildman–Crippen MR) is 147 cm³/mol. The number of hydrogen-bond donors (Lipinski definition) is 2. The highest BCUT2D eigenvalue weighted by molar-refractivity contribution is 5.83. The summed E-state index contributed by atoms with van der Waals surface area (Å²) in [6, 6.07) is 13.9. The van der Waals surface area contributed by atoms with Crippen molar-refractivity contribution in [2.75, 3.05) is 32.5 Å². The van der Waals surface area contributed by atoms with E-state index >= 15 is 4.39 Å². The second-order valence-electron chi connectivity index (χ2n) is 10.1. The Morgan fingerprint density at radius 3 is 2.54 bits per heavy atom. The molecule has 2 aliphatic rings. The summed E-state index contributed by atoms with van der Waals surface area (Å²) in [7, 11) is 1.58. The lowest BCUT2D eigenvalue weighted by Gasteiger charge is -2.34. The van der Waals surface area contributed by atoms with Crippen LogP contribution in [-0.4, -0.2) is 48.8 Å². The number of nitrogen functional groups attached to an aromatic ring is 1. The second-order valence-corrected chi connectivity index (χ2v) is 10.1. The quantitative estimate of drug-likeness (QED) is 0.433. The summed E-state index contributed by atoms with van der Waals surface area (Å²) in [5, 5.41) is 3.29. The minimum atomic E-state index is -0.634. The highest BCUT2D eigenvalue weighted by Gasteiger charge is 2.23. The molecule has 3 heterocycles. The van der Waals surface area contributed by atoms with Crippen molar-refractivity contribution in [1.29, 1.82) is 0 Å². The maximum Gasteiger partial charge on any atom is 0.222 e. The van der Waals surface area contributed by atoms with Crippen molar-refractivity contribution in [2.45, 2.75) is 45.3 Å². The molecule has 3 aromatic rings. The number of likely N-dealkylation sites (tertiary alicyclic amines) is 1. The summed E-state index contributed by atoms with van der Waals surface area (Å²) >= 11 is 0. The summed E-state index contributed by atoms with van der Waals surface area (Å²) < 4.78 is 27.1. The van der Waals surface area contributed by atoms with Gasteiger partial charge in [0, 0.05) is 59.7 Å².